The van der Waals surface area contributed by atoms with E-state index in [2.05, 4.69) is 9.97 Å². The Morgan fingerprint density at radius 2 is 2.22 bits per heavy atom. The van der Waals surface area contributed by atoms with Gasteiger partial charge >= 0.3 is 0 Å². The molecule has 0 bridgehead atoms. The van der Waals surface area contributed by atoms with Crippen molar-refractivity contribution in [1.29, 1.82) is 0 Å². The highest BCUT2D eigenvalue weighted by Gasteiger charge is 2.17. The van der Waals surface area contributed by atoms with Gasteiger partial charge < -0.3 is 14.5 Å². The molecule has 1 aromatic heterocycles. The van der Waals surface area contributed by atoms with Crippen LogP contribution in [-0.2, 0) is 17.1 Å². The molecular weight excluding hydrogens is 336 g/mol. The zero-order valence-electron chi connectivity index (χ0n) is 12.9. The van der Waals surface area contributed by atoms with Crippen molar-refractivity contribution >= 4 is 23.4 Å². The Kier molecular flexibility index (Phi) is 4.94. The Bertz CT molecular complexity index is 776. The first-order valence-electron chi connectivity index (χ1n) is 7.29. The third-order valence-electron chi connectivity index (χ3n) is 3.45. The molecule has 0 spiro atoms. The van der Waals surface area contributed by atoms with Crippen LogP contribution in [0, 0.1) is 0 Å². The molecular formula is C16H17ClN2O3S. The second-order valence-corrected chi connectivity index (χ2v) is 6.98. The Balaban J connectivity index is 1.84. The van der Waals surface area contributed by atoms with Gasteiger partial charge in [0.1, 0.15) is 5.75 Å². The van der Waals surface area contributed by atoms with Crippen molar-refractivity contribution < 1.29 is 9.47 Å². The molecule has 1 aromatic carbocycles. The van der Waals surface area contributed by atoms with Gasteiger partial charge in [-0.1, -0.05) is 37.2 Å². The van der Waals surface area contributed by atoms with Crippen molar-refractivity contribution in [2.45, 2.75) is 37.3 Å². The van der Waals surface area contributed by atoms with E-state index in [1.807, 2.05) is 26.0 Å². The van der Waals surface area contributed by atoms with E-state index in [9.17, 15) is 4.79 Å². The summed E-state index contributed by atoms with van der Waals surface area (Å²) in [5.74, 6) is 1.62. The lowest BCUT2D eigenvalue weighted by Crippen LogP contribution is -2.13. The fraction of sp³-hybridized carbons (Fsp3) is 0.375. The third kappa shape index (κ3) is 3.88. The first kappa shape index (κ1) is 16.4. The fourth-order valence-corrected chi connectivity index (χ4v) is 3.44. The van der Waals surface area contributed by atoms with Crippen molar-refractivity contribution in [3.63, 3.8) is 0 Å². The molecule has 7 heteroatoms. The molecule has 23 heavy (non-hydrogen) atoms. The number of halogens is 1. The monoisotopic (exact) mass is 352 g/mol. The van der Waals surface area contributed by atoms with Crippen LogP contribution in [0.3, 0.4) is 0 Å². The van der Waals surface area contributed by atoms with Crippen molar-refractivity contribution in [2.24, 2.45) is 0 Å². The molecule has 2 heterocycles. The van der Waals surface area contributed by atoms with Crippen LogP contribution in [0.4, 0.5) is 0 Å². The quantitative estimate of drug-likeness (QED) is 0.671. The van der Waals surface area contributed by atoms with E-state index in [4.69, 9.17) is 21.1 Å². The summed E-state index contributed by atoms with van der Waals surface area (Å²) >= 11 is 7.62. The number of hydrogen-bond acceptors (Lipinski definition) is 5. The van der Waals surface area contributed by atoms with Crippen molar-refractivity contribution in [2.75, 3.05) is 6.79 Å². The summed E-state index contributed by atoms with van der Waals surface area (Å²) in [5.41, 5.74) is 2.56. The molecule has 0 amide bonds. The maximum Gasteiger partial charge on any atom is 0.251 e. The van der Waals surface area contributed by atoms with Gasteiger partial charge in [-0.25, -0.2) is 4.98 Å². The molecule has 1 N–H and O–H groups in total. The van der Waals surface area contributed by atoms with Crippen LogP contribution in [0.2, 0.25) is 5.02 Å². The molecule has 1 aliphatic rings. The number of nitrogens with one attached hydrogen (secondary N) is 1. The Labute approximate surface area is 143 Å². The Morgan fingerprint density at radius 3 is 3.00 bits per heavy atom. The van der Waals surface area contributed by atoms with Gasteiger partial charge in [0.05, 0.1) is 12.3 Å². The Hall–Kier alpha value is -1.50. The van der Waals surface area contributed by atoms with Gasteiger partial charge in [-0.15, -0.1) is 0 Å². The molecule has 3 rings (SSSR count). The van der Waals surface area contributed by atoms with E-state index < -0.39 is 0 Å². The summed E-state index contributed by atoms with van der Waals surface area (Å²) in [7, 11) is 0. The van der Waals surface area contributed by atoms with Crippen molar-refractivity contribution in [3.8, 4) is 5.75 Å². The first-order valence-corrected chi connectivity index (χ1v) is 8.65. The largest absolute Gasteiger partial charge is 0.467 e. The maximum atomic E-state index is 11.7. The van der Waals surface area contributed by atoms with Gasteiger partial charge in [-0.2, -0.15) is 0 Å². The van der Waals surface area contributed by atoms with Crippen LogP contribution >= 0.6 is 23.4 Å². The average Bonchev–Trinajstić information content (AvgIpc) is 2.52. The van der Waals surface area contributed by atoms with E-state index in [0.29, 0.717) is 22.5 Å². The molecule has 122 valence electrons. The summed E-state index contributed by atoms with van der Waals surface area (Å²) in [6.07, 6.45) is 0. The molecule has 0 aliphatic carbocycles. The van der Waals surface area contributed by atoms with E-state index in [1.54, 1.807) is 0 Å². The number of aromatic amines is 1. The molecule has 0 unspecified atom stereocenters. The summed E-state index contributed by atoms with van der Waals surface area (Å²) in [6.45, 7) is 4.75. The van der Waals surface area contributed by atoms with Crippen LogP contribution in [0.15, 0.2) is 28.2 Å². The molecule has 0 saturated heterocycles. The number of thioether (sulfide) groups is 1. The minimum absolute atomic E-state index is 0.135. The van der Waals surface area contributed by atoms with Gasteiger partial charge in [0, 0.05) is 28.0 Å². The minimum Gasteiger partial charge on any atom is -0.467 e. The number of H-pyrrole nitrogens is 1. The lowest BCUT2D eigenvalue weighted by molar-refractivity contribution is -0.0168. The fourth-order valence-electron chi connectivity index (χ4n) is 2.33. The van der Waals surface area contributed by atoms with Crippen molar-refractivity contribution in [3.05, 3.63) is 50.4 Å². The summed E-state index contributed by atoms with van der Waals surface area (Å²) < 4.78 is 10.9. The van der Waals surface area contributed by atoms with Crippen LogP contribution in [0.1, 0.15) is 36.6 Å². The molecule has 2 aromatic rings. The highest BCUT2D eigenvalue weighted by atomic mass is 35.5. The topological polar surface area (TPSA) is 64.2 Å². The molecule has 0 fully saturated rings. The van der Waals surface area contributed by atoms with Gasteiger partial charge in [-0.3, -0.25) is 4.79 Å². The van der Waals surface area contributed by atoms with Crippen LogP contribution in [-0.4, -0.2) is 16.8 Å². The lowest BCUT2D eigenvalue weighted by Gasteiger charge is -2.21. The standard InChI is InChI=1S/C16H17ClN2O3S/c1-9(2)13-5-14(20)19-16(18-13)23-7-11-4-12(17)3-10-6-21-8-22-15(10)11/h3-5,9H,6-8H2,1-2H3,(H,18,19,20). The minimum atomic E-state index is -0.135. The summed E-state index contributed by atoms with van der Waals surface area (Å²) in [5, 5.41) is 1.24. The van der Waals surface area contributed by atoms with E-state index in [0.717, 1.165) is 22.6 Å². The molecule has 0 radical (unpaired) electrons. The number of rotatable bonds is 4. The Morgan fingerprint density at radius 1 is 1.39 bits per heavy atom. The number of nitrogens with zero attached hydrogens (tertiary/aromatic N) is 1. The first-order chi connectivity index (χ1) is 11.0. The third-order valence-corrected chi connectivity index (χ3v) is 4.59. The lowest BCUT2D eigenvalue weighted by atomic mass is 10.1. The molecule has 0 saturated carbocycles. The average molecular weight is 353 g/mol. The maximum absolute atomic E-state index is 11.7. The summed E-state index contributed by atoms with van der Waals surface area (Å²) in [4.78, 5) is 19.0. The van der Waals surface area contributed by atoms with E-state index >= 15 is 0 Å². The van der Waals surface area contributed by atoms with Gasteiger partial charge in [0.25, 0.3) is 5.56 Å². The zero-order chi connectivity index (χ0) is 16.4. The van der Waals surface area contributed by atoms with Crippen LogP contribution < -0.4 is 10.3 Å². The second kappa shape index (κ2) is 6.95. The smallest absolute Gasteiger partial charge is 0.251 e. The molecule has 5 nitrogen and oxygen atoms in total. The molecule has 0 atom stereocenters. The zero-order valence-corrected chi connectivity index (χ0v) is 14.5. The number of benzene rings is 1. The van der Waals surface area contributed by atoms with Gasteiger partial charge in [-0.05, 0) is 18.1 Å². The van der Waals surface area contributed by atoms with Gasteiger partial charge in [0.15, 0.2) is 11.9 Å². The SMILES string of the molecule is CC(C)c1cc(=O)[nH]c(SCc2cc(Cl)cc3c2OCOC3)n1. The van der Waals surface area contributed by atoms with Gasteiger partial charge in [0.2, 0.25) is 0 Å². The predicted octanol–water partition coefficient (Wildman–Crippen LogP) is 3.71. The summed E-state index contributed by atoms with van der Waals surface area (Å²) in [6, 6.07) is 5.27. The van der Waals surface area contributed by atoms with Crippen molar-refractivity contribution in [1.82, 2.24) is 9.97 Å². The normalized spacial score (nSPS) is 13.7. The predicted molar refractivity (Wildman–Crippen MR) is 90.2 cm³/mol. The highest BCUT2D eigenvalue weighted by Crippen LogP contribution is 2.34. The second-order valence-electron chi connectivity index (χ2n) is 5.58. The number of hydrogen-bond donors (Lipinski definition) is 1. The van der Waals surface area contributed by atoms with Crippen LogP contribution in [0.5, 0.6) is 5.75 Å². The van der Waals surface area contributed by atoms with E-state index in [-0.39, 0.29) is 18.3 Å². The highest BCUT2D eigenvalue weighted by molar-refractivity contribution is 7.98. The van der Waals surface area contributed by atoms with E-state index in [1.165, 1.54) is 17.8 Å². The number of fused-ring (bicyclic) bond motifs is 1. The number of ether oxygens (including phenoxy) is 2. The number of aromatic nitrogens is 2. The molecule has 1 aliphatic heterocycles. The van der Waals surface area contributed by atoms with Crippen LogP contribution in [0.25, 0.3) is 0 Å².